The van der Waals surface area contributed by atoms with Crippen LogP contribution >= 0.6 is 11.6 Å². The average Bonchev–Trinajstić information content (AvgIpc) is 2.45. The second-order valence-corrected chi connectivity index (χ2v) is 5.54. The van der Waals surface area contributed by atoms with E-state index < -0.39 is 0 Å². The van der Waals surface area contributed by atoms with Crippen molar-refractivity contribution >= 4 is 28.9 Å². The minimum atomic E-state index is -0.366. The molecule has 1 aliphatic rings. The zero-order chi connectivity index (χ0) is 15.0. The average molecular weight is 305 g/mol. The van der Waals surface area contributed by atoms with Crippen LogP contribution in [0.5, 0.6) is 0 Å². The van der Waals surface area contributed by atoms with Crippen LogP contribution in [0.25, 0.3) is 0 Å². The van der Waals surface area contributed by atoms with Crippen molar-refractivity contribution in [3.63, 3.8) is 0 Å². The van der Waals surface area contributed by atoms with E-state index >= 15 is 0 Å². The third-order valence-corrected chi connectivity index (χ3v) is 3.87. The Balaban J connectivity index is 1.98. The summed E-state index contributed by atoms with van der Waals surface area (Å²) >= 11 is 5.91. The molecule has 0 saturated heterocycles. The number of rotatable bonds is 2. The fraction of sp³-hybridized carbons (Fsp3) is 0.188. The topological polar surface area (TPSA) is 46.3 Å². The minimum absolute atomic E-state index is 0.0216. The van der Waals surface area contributed by atoms with Gasteiger partial charge in [-0.2, -0.15) is 0 Å². The summed E-state index contributed by atoms with van der Waals surface area (Å²) in [6.07, 6.45) is 1.06. The molecule has 1 aliphatic heterocycles. The van der Waals surface area contributed by atoms with E-state index in [9.17, 15) is 9.18 Å². The largest absolute Gasteiger partial charge is 0.399 e. The van der Waals surface area contributed by atoms with Gasteiger partial charge in [0.15, 0.2) is 0 Å². The quantitative estimate of drug-likeness (QED) is 0.863. The smallest absolute Gasteiger partial charge is 0.227 e. The molecule has 3 rings (SSSR count). The number of anilines is 2. The van der Waals surface area contributed by atoms with Crippen molar-refractivity contribution in [1.82, 2.24) is 0 Å². The molecule has 0 atom stereocenters. The predicted molar refractivity (Wildman–Crippen MR) is 81.8 cm³/mol. The summed E-state index contributed by atoms with van der Waals surface area (Å²) in [5.74, 6) is -0.388. The zero-order valence-electron chi connectivity index (χ0n) is 11.3. The Morgan fingerprint density at radius 1 is 1.19 bits per heavy atom. The van der Waals surface area contributed by atoms with Crippen molar-refractivity contribution in [1.29, 1.82) is 0 Å². The molecule has 0 unspecified atom stereocenters. The molecule has 2 N–H and O–H groups in total. The highest BCUT2D eigenvalue weighted by atomic mass is 35.5. The van der Waals surface area contributed by atoms with Gasteiger partial charge in [0.1, 0.15) is 5.82 Å². The number of halogens is 2. The molecule has 2 aromatic rings. The lowest BCUT2D eigenvalue weighted by molar-refractivity contribution is -0.119. The number of carbonyl (C=O) groups is 1. The van der Waals surface area contributed by atoms with Crippen LogP contribution < -0.4 is 10.6 Å². The minimum Gasteiger partial charge on any atom is -0.399 e. The van der Waals surface area contributed by atoms with Gasteiger partial charge in [0, 0.05) is 28.4 Å². The first-order valence-corrected chi connectivity index (χ1v) is 7.05. The number of aryl methyl sites for hydroxylation is 1. The standard InChI is InChI=1S/C16H14ClFN2O/c17-12-2-4-14(18)11(7-12)9-20-15-5-3-13(19)8-10(15)1-6-16(20)21/h2-5,7-8H,1,6,9,19H2. The highest BCUT2D eigenvalue weighted by Gasteiger charge is 2.25. The van der Waals surface area contributed by atoms with E-state index in [-0.39, 0.29) is 18.3 Å². The number of amides is 1. The predicted octanol–water partition coefficient (Wildman–Crippen LogP) is 3.54. The number of fused-ring (bicyclic) bond motifs is 1. The number of nitrogens with zero attached hydrogens (tertiary/aromatic N) is 1. The van der Waals surface area contributed by atoms with Crippen molar-refractivity contribution in [3.8, 4) is 0 Å². The van der Waals surface area contributed by atoms with Gasteiger partial charge in [0.2, 0.25) is 5.91 Å². The first-order chi connectivity index (χ1) is 10.0. The van der Waals surface area contributed by atoms with Gasteiger partial charge >= 0.3 is 0 Å². The number of nitrogens with two attached hydrogens (primary N) is 1. The Kier molecular flexibility index (Phi) is 3.55. The highest BCUT2D eigenvalue weighted by Crippen LogP contribution is 2.31. The van der Waals surface area contributed by atoms with Crippen molar-refractivity contribution in [2.75, 3.05) is 10.6 Å². The summed E-state index contributed by atoms with van der Waals surface area (Å²) in [7, 11) is 0. The Morgan fingerprint density at radius 3 is 2.81 bits per heavy atom. The van der Waals surface area contributed by atoms with Crippen LogP contribution in [-0.2, 0) is 17.8 Å². The van der Waals surface area contributed by atoms with Crippen molar-refractivity contribution in [3.05, 3.63) is 58.4 Å². The van der Waals surface area contributed by atoms with Crippen LogP contribution in [0.1, 0.15) is 17.5 Å². The molecular formula is C16H14ClFN2O. The van der Waals surface area contributed by atoms with Crippen LogP contribution in [0, 0.1) is 5.82 Å². The SMILES string of the molecule is Nc1ccc2c(c1)CCC(=O)N2Cc1cc(Cl)ccc1F. The maximum atomic E-state index is 13.9. The first-order valence-electron chi connectivity index (χ1n) is 6.67. The second kappa shape index (κ2) is 5.37. The van der Waals surface area contributed by atoms with E-state index in [1.807, 2.05) is 12.1 Å². The van der Waals surface area contributed by atoms with Crippen molar-refractivity contribution in [2.24, 2.45) is 0 Å². The van der Waals surface area contributed by atoms with E-state index in [1.165, 1.54) is 12.1 Å². The fourth-order valence-electron chi connectivity index (χ4n) is 2.59. The Bertz CT molecular complexity index is 717. The molecule has 5 heteroatoms. The van der Waals surface area contributed by atoms with Crippen molar-refractivity contribution in [2.45, 2.75) is 19.4 Å². The maximum absolute atomic E-state index is 13.9. The lowest BCUT2D eigenvalue weighted by Gasteiger charge is -2.30. The summed E-state index contributed by atoms with van der Waals surface area (Å²) in [5.41, 5.74) is 8.65. The number of carbonyl (C=O) groups excluding carboxylic acids is 1. The normalized spacial score (nSPS) is 14.2. The van der Waals surface area contributed by atoms with Gasteiger partial charge < -0.3 is 10.6 Å². The number of nitrogen functional groups attached to an aromatic ring is 1. The molecule has 3 nitrogen and oxygen atoms in total. The van der Waals surface area contributed by atoms with Crippen molar-refractivity contribution < 1.29 is 9.18 Å². The number of hydrogen-bond acceptors (Lipinski definition) is 2. The molecule has 0 fully saturated rings. The lowest BCUT2D eigenvalue weighted by Crippen LogP contribution is -2.34. The molecule has 0 spiro atoms. The maximum Gasteiger partial charge on any atom is 0.227 e. The van der Waals surface area contributed by atoms with E-state index in [1.54, 1.807) is 17.0 Å². The molecule has 1 heterocycles. The lowest BCUT2D eigenvalue weighted by atomic mass is 9.99. The monoisotopic (exact) mass is 304 g/mol. The molecule has 2 aromatic carbocycles. The number of benzene rings is 2. The van der Waals surface area contributed by atoms with Crippen LogP contribution in [0.3, 0.4) is 0 Å². The molecule has 1 amide bonds. The Labute approximate surface area is 127 Å². The second-order valence-electron chi connectivity index (χ2n) is 5.10. The molecular weight excluding hydrogens is 291 g/mol. The van der Waals surface area contributed by atoms with Gasteiger partial charge in [0.05, 0.1) is 6.54 Å². The molecule has 108 valence electrons. The van der Waals surface area contributed by atoms with E-state index in [0.29, 0.717) is 29.1 Å². The molecule has 0 saturated carbocycles. The van der Waals surface area contributed by atoms with Crippen LogP contribution in [0.4, 0.5) is 15.8 Å². The summed E-state index contributed by atoms with van der Waals surface area (Å²) in [6.45, 7) is 0.169. The Morgan fingerprint density at radius 2 is 2.00 bits per heavy atom. The zero-order valence-corrected chi connectivity index (χ0v) is 12.0. The van der Waals surface area contributed by atoms with E-state index in [4.69, 9.17) is 17.3 Å². The van der Waals surface area contributed by atoms with Gasteiger partial charge in [-0.15, -0.1) is 0 Å². The summed E-state index contributed by atoms with van der Waals surface area (Å²) < 4.78 is 13.9. The molecule has 21 heavy (non-hydrogen) atoms. The van der Waals surface area contributed by atoms with Gasteiger partial charge in [-0.3, -0.25) is 4.79 Å². The van der Waals surface area contributed by atoms with Gasteiger partial charge in [0.25, 0.3) is 0 Å². The molecule has 0 radical (unpaired) electrons. The Hall–Kier alpha value is -2.07. The van der Waals surface area contributed by atoms with E-state index in [2.05, 4.69) is 0 Å². The summed E-state index contributed by atoms with van der Waals surface area (Å²) in [4.78, 5) is 13.8. The van der Waals surface area contributed by atoms with Crippen LogP contribution in [-0.4, -0.2) is 5.91 Å². The highest BCUT2D eigenvalue weighted by molar-refractivity contribution is 6.30. The molecule has 0 aliphatic carbocycles. The van der Waals surface area contributed by atoms with Gasteiger partial charge in [-0.05, 0) is 48.4 Å². The summed E-state index contributed by atoms with van der Waals surface area (Å²) in [6, 6.07) is 9.78. The first kappa shape index (κ1) is 13.9. The summed E-state index contributed by atoms with van der Waals surface area (Å²) in [5, 5.41) is 0.452. The van der Waals surface area contributed by atoms with Gasteiger partial charge in [-0.1, -0.05) is 11.6 Å². The van der Waals surface area contributed by atoms with E-state index in [0.717, 1.165) is 11.3 Å². The molecule has 0 bridgehead atoms. The third-order valence-electron chi connectivity index (χ3n) is 3.64. The fourth-order valence-corrected chi connectivity index (χ4v) is 2.78. The number of hydrogen-bond donors (Lipinski definition) is 1. The molecule has 0 aromatic heterocycles. The van der Waals surface area contributed by atoms with Crippen LogP contribution in [0.15, 0.2) is 36.4 Å². The third kappa shape index (κ3) is 2.72. The van der Waals surface area contributed by atoms with Gasteiger partial charge in [-0.25, -0.2) is 4.39 Å². The van der Waals surface area contributed by atoms with Crippen LogP contribution in [0.2, 0.25) is 5.02 Å².